The van der Waals surface area contributed by atoms with E-state index in [-0.39, 0.29) is 5.91 Å². The van der Waals surface area contributed by atoms with Gasteiger partial charge in [-0.25, -0.2) is 10.4 Å². The van der Waals surface area contributed by atoms with E-state index in [1.807, 2.05) is 42.5 Å². The van der Waals surface area contributed by atoms with Gasteiger partial charge in [0.15, 0.2) is 17.3 Å². The van der Waals surface area contributed by atoms with Crippen molar-refractivity contribution in [2.24, 2.45) is 0 Å². The number of carbonyl (C=O) groups excluding carboxylic acids is 1. The maximum Gasteiger partial charge on any atom is 0.272 e. The molecule has 5 rings (SSSR count). The van der Waals surface area contributed by atoms with Gasteiger partial charge >= 0.3 is 0 Å². The molecule has 0 unspecified atom stereocenters. The second kappa shape index (κ2) is 8.51. The molecule has 0 aliphatic rings. The first kappa shape index (κ1) is 20.3. The third kappa shape index (κ3) is 3.89. The molecule has 5 aromatic rings. The Morgan fingerprint density at radius 3 is 2.58 bits per heavy atom. The molecule has 33 heavy (non-hydrogen) atoms. The summed E-state index contributed by atoms with van der Waals surface area (Å²) in [5, 5.41) is 5.10. The standard InChI is InChI=1S/C25H20N4O4/c1-31-23-10-9-16(14-24(23)32-2)21-15-18(17-6-3-4-7-19(17)26-21)25(30)28-29-12-11-20(27-29)22-8-5-13-33-22/h3-15H,1-2H3,(H,28,30). The molecule has 1 N–H and O–H groups in total. The number of methoxy groups -OCH3 is 2. The minimum absolute atomic E-state index is 0.315. The van der Waals surface area contributed by atoms with Crippen LogP contribution in [-0.4, -0.2) is 35.0 Å². The van der Waals surface area contributed by atoms with E-state index in [1.54, 1.807) is 50.9 Å². The molecule has 1 amide bonds. The van der Waals surface area contributed by atoms with Gasteiger partial charge < -0.3 is 13.9 Å². The molecule has 2 aromatic carbocycles. The average molecular weight is 440 g/mol. The van der Waals surface area contributed by atoms with Crippen LogP contribution in [0.4, 0.5) is 0 Å². The molecule has 0 bridgehead atoms. The van der Waals surface area contributed by atoms with Gasteiger partial charge in [-0.15, -0.1) is 5.10 Å². The van der Waals surface area contributed by atoms with Crippen molar-refractivity contribution in [2.45, 2.75) is 0 Å². The molecule has 0 spiro atoms. The summed E-state index contributed by atoms with van der Waals surface area (Å²) in [5.74, 6) is 1.50. The Morgan fingerprint density at radius 1 is 0.939 bits per heavy atom. The number of hydrogen-bond acceptors (Lipinski definition) is 6. The van der Waals surface area contributed by atoms with Gasteiger partial charge in [0.25, 0.3) is 5.91 Å². The zero-order valence-electron chi connectivity index (χ0n) is 18.0. The van der Waals surface area contributed by atoms with E-state index >= 15 is 0 Å². The van der Waals surface area contributed by atoms with E-state index < -0.39 is 0 Å². The van der Waals surface area contributed by atoms with Crippen LogP contribution < -0.4 is 14.9 Å². The predicted octanol–water partition coefficient (Wildman–Crippen LogP) is 4.76. The molecule has 0 atom stereocenters. The Hall–Kier alpha value is -4.59. The summed E-state index contributed by atoms with van der Waals surface area (Å²) in [4.78, 5) is 19.4. The van der Waals surface area contributed by atoms with Crippen molar-refractivity contribution in [2.75, 3.05) is 19.6 Å². The van der Waals surface area contributed by atoms with E-state index in [1.165, 1.54) is 4.79 Å². The fraction of sp³-hybridized carbons (Fsp3) is 0.0800. The van der Waals surface area contributed by atoms with Gasteiger partial charge in [0, 0.05) is 17.1 Å². The Morgan fingerprint density at radius 2 is 1.79 bits per heavy atom. The third-order valence-electron chi connectivity index (χ3n) is 5.22. The highest BCUT2D eigenvalue weighted by molar-refractivity contribution is 6.10. The number of nitrogens with one attached hydrogen (secondary N) is 1. The van der Waals surface area contributed by atoms with Crippen LogP contribution in [0, 0.1) is 0 Å². The molecule has 0 aliphatic carbocycles. The van der Waals surface area contributed by atoms with Crippen LogP contribution in [0.15, 0.2) is 83.6 Å². The van der Waals surface area contributed by atoms with E-state index in [0.717, 1.165) is 10.9 Å². The molecular weight excluding hydrogens is 420 g/mol. The number of amides is 1. The summed E-state index contributed by atoms with van der Waals surface area (Å²) < 4.78 is 16.1. The maximum atomic E-state index is 13.3. The molecule has 8 heteroatoms. The Balaban J connectivity index is 1.53. The van der Waals surface area contributed by atoms with Crippen molar-refractivity contribution >= 4 is 16.8 Å². The topological polar surface area (TPSA) is 91.4 Å². The van der Waals surface area contributed by atoms with Crippen molar-refractivity contribution in [1.29, 1.82) is 0 Å². The number of furan rings is 1. The number of aromatic nitrogens is 3. The lowest BCUT2D eigenvalue weighted by atomic mass is 10.0. The second-order valence-electron chi connectivity index (χ2n) is 7.21. The van der Waals surface area contributed by atoms with Gasteiger partial charge in [0.2, 0.25) is 0 Å². The lowest BCUT2D eigenvalue weighted by Crippen LogP contribution is -2.23. The van der Waals surface area contributed by atoms with E-state index in [2.05, 4.69) is 10.5 Å². The zero-order valence-corrected chi connectivity index (χ0v) is 18.0. The highest BCUT2D eigenvalue weighted by Crippen LogP contribution is 2.33. The highest BCUT2D eigenvalue weighted by Gasteiger charge is 2.16. The summed E-state index contributed by atoms with van der Waals surface area (Å²) in [5.41, 5.74) is 6.03. The predicted molar refractivity (Wildman–Crippen MR) is 124 cm³/mol. The molecule has 8 nitrogen and oxygen atoms in total. The smallest absolute Gasteiger partial charge is 0.272 e. The van der Waals surface area contributed by atoms with Crippen molar-refractivity contribution in [1.82, 2.24) is 14.9 Å². The minimum atomic E-state index is -0.315. The molecular formula is C25H20N4O4. The molecule has 3 heterocycles. The quantitative estimate of drug-likeness (QED) is 0.409. The SMILES string of the molecule is COc1ccc(-c2cc(C(=O)Nn3ccc(-c4ccco4)n3)c3ccccc3n2)cc1OC. The van der Waals surface area contributed by atoms with Crippen LogP contribution in [0.3, 0.4) is 0 Å². The van der Waals surface area contributed by atoms with Gasteiger partial charge in [-0.3, -0.25) is 4.79 Å². The number of carbonyl (C=O) groups is 1. The van der Waals surface area contributed by atoms with Gasteiger partial charge in [-0.2, -0.15) is 4.79 Å². The van der Waals surface area contributed by atoms with Crippen LogP contribution in [-0.2, 0) is 0 Å². The van der Waals surface area contributed by atoms with Gasteiger partial charge in [-0.05, 0) is 48.5 Å². The normalized spacial score (nSPS) is 10.8. The number of para-hydroxylation sites is 1. The lowest BCUT2D eigenvalue weighted by Gasteiger charge is -2.12. The second-order valence-corrected chi connectivity index (χ2v) is 7.21. The number of nitrogens with zero attached hydrogens (tertiary/aromatic N) is 3. The van der Waals surface area contributed by atoms with Gasteiger partial charge in [-0.1, -0.05) is 18.2 Å². The molecule has 164 valence electrons. The largest absolute Gasteiger partial charge is 0.493 e. The third-order valence-corrected chi connectivity index (χ3v) is 5.22. The number of benzene rings is 2. The van der Waals surface area contributed by atoms with E-state index in [0.29, 0.717) is 39.7 Å². The summed E-state index contributed by atoms with van der Waals surface area (Å²) in [7, 11) is 3.16. The van der Waals surface area contributed by atoms with Crippen molar-refractivity contribution in [3.8, 4) is 34.2 Å². The van der Waals surface area contributed by atoms with Crippen molar-refractivity contribution < 1.29 is 18.7 Å². The highest BCUT2D eigenvalue weighted by atomic mass is 16.5. The number of fused-ring (bicyclic) bond motifs is 1. The van der Waals surface area contributed by atoms with Crippen LogP contribution >= 0.6 is 0 Å². The fourth-order valence-corrected chi connectivity index (χ4v) is 3.61. The first-order valence-electron chi connectivity index (χ1n) is 10.2. The summed E-state index contributed by atoms with van der Waals surface area (Å²) in [6.45, 7) is 0. The molecule has 0 fully saturated rings. The number of hydrogen-bond donors (Lipinski definition) is 1. The number of pyridine rings is 1. The van der Waals surface area contributed by atoms with Crippen LogP contribution in [0.5, 0.6) is 11.5 Å². The van der Waals surface area contributed by atoms with E-state index in [9.17, 15) is 4.79 Å². The first-order chi connectivity index (χ1) is 16.2. The molecule has 0 saturated heterocycles. The van der Waals surface area contributed by atoms with Crippen LogP contribution in [0.25, 0.3) is 33.6 Å². The van der Waals surface area contributed by atoms with Crippen LogP contribution in [0.2, 0.25) is 0 Å². The molecule has 0 aliphatic heterocycles. The molecule has 0 saturated carbocycles. The lowest BCUT2D eigenvalue weighted by molar-refractivity contribution is 0.101. The summed E-state index contributed by atoms with van der Waals surface area (Å²) in [6.07, 6.45) is 3.24. The van der Waals surface area contributed by atoms with Crippen LogP contribution in [0.1, 0.15) is 10.4 Å². The summed E-state index contributed by atoms with van der Waals surface area (Å²) >= 11 is 0. The monoisotopic (exact) mass is 440 g/mol. The maximum absolute atomic E-state index is 13.3. The minimum Gasteiger partial charge on any atom is -0.493 e. The van der Waals surface area contributed by atoms with Crippen molar-refractivity contribution in [3.05, 3.63) is 84.8 Å². The summed E-state index contributed by atoms with van der Waals surface area (Å²) in [6, 6.07) is 20.1. The number of ether oxygens (including phenoxy) is 2. The van der Waals surface area contributed by atoms with E-state index in [4.69, 9.17) is 18.9 Å². The molecule has 3 aromatic heterocycles. The Bertz CT molecular complexity index is 1440. The van der Waals surface area contributed by atoms with Gasteiger partial charge in [0.05, 0.1) is 37.3 Å². The Kier molecular flexibility index (Phi) is 5.24. The van der Waals surface area contributed by atoms with Gasteiger partial charge in [0.1, 0.15) is 5.69 Å². The number of rotatable bonds is 6. The fourth-order valence-electron chi connectivity index (χ4n) is 3.61. The zero-order chi connectivity index (χ0) is 22.8. The van der Waals surface area contributed by atoms with Crippen molar-refractivity contribution in [3.63, 3.8) is 0 Å². The Labute approximate surface area is 189 Å². The first-order valence-corrected chi connectivity index (χ1v) is 10.2. The molecule has 0 radical (unpaired) electrons. The average Bonchev–Trinajstić information content (AvgIpc) is 3.55.